The fraction of sp³-hybridized carbons (Fsp3) is 0.227. The van der Waals surface area contributed by atoms with Crippen LogP contribution in [0, 0.1) is 17.1 Å². The SMILES string of the molecule is N#Cc1ccccc1COc1c(C2CCC2)ccc(-c2cnc(N)cn2)c1F. The molecule has 2 N–H and O–H groups in total. The topological polar surface area (TPSA) is 84.8 Å². The molecule has 1 saturated carbocycles. The molecule has 3 aromatic rings. The second-order valence-corrected chi connectivity index (χ2v) is 6.86. The minimum Gasteiger partial charge on any atom is -0.485 e. The van der Waals surface area contributed by atoms with Crippen LogP contribution in [0.3, 0.4) is 0 Å². The van der Waals surface area contributed by atoms with Crippen LogP contribution in [0.4, 0.5) is 10.2 Å². The molecular formula is C22H19FN4O. The molecule has 0 saturated heterocycles. The first kappa shape index (κ1) is 17.9. The summed E-state index contributed by atoms with van der Waals surface area (Å²) in [5.74, 6) is 0.341. The predicted octanol–water partition coefficient (Wildman–Crippen LogP) is 4.58. The van der Waals surface area contributed by atoms with Gasteiger partial charge < -0.3 is 10.5 Å². The van der Waals surface area contributed by atoms with E-state index in [2.05, 4.69) is 16.0 Å². The van der Waals surface area contributed by atoms with Crippen molar-refractivity contribution in [2.75, 3.05) is 5.73 Å². The highest BCUT2D eigenvalue weighted by atomic mass is 19.1. The lowest BCUT2D eigenvalue weighted by Gasteiger charge is -2.28. The Morgan fingerprint density at radius 1 is 1.14 bits per heavy atom. The summed E-state index contributed by atoms with van der Waals surface area (Å²) in [7, 11) is 0. The third-order valence-corrected chi connectivity index (χ3v) is 5.13. The molecule has 0 amide bonds. The summed E-state index contributed by atoms with van der Waals surface area (Å²) in [5, 5.41) is 9.27. The molecule has 5 nitrogen and oxygen atoms in total. The zero-order valence-corrected chi connectivity index (χ0v) is 15.2. The minimum atomic E-state index is -0.460. The Balaban J connectivity index is 1.71. The molecule has 2 aromatic carbocycles. The summed E-state index contributed by atoms with van der Waals surface area (Å²) in [6.45, 7) is 0.122. The number of halogens is 1. The normalized spacial score (nSPS) is 13.6. The number of anilines is 1. The van der Waals surface area contributed by atoms with E-state index in [0.717, 1.165) is 30.4 Å². The molecule has 28 heavy (non-hydrogen) atoms. The minimum absolute atomic E-state index is 0.122. The summed E-state index contributed by atoms with van der Waals surface area (Å²) >= 11 is 0. The van der Waals surface area contributed by atoms with Gasteiger partial charge in [-0.1, -0.05) is 30.7 Å². The van der Waals surface area contributed by atoms with Crippen LogP contribution in [0.2, 0.25) is 0 Å². The molecule has 1 heterocycles. The van der Waals surface area contributed by atoms with Crippen molar-refractivity contribution in [3.05, 3.63) is 71.3 Å². The Morgan fingerprint density at radius 2 is 1.96 bits per heavy atom. The van der Waals surface area contributed by atoms with E-state index in [1.807, 2.05) is 18.2 Å². The average molecular weight is 374 g/mol. The average Bonchev–Trinajstić information content (AvgIpc) is 2.67. The van der Waals surface area contributed by atoms with Crippen LogP contribution in [0.1, 0.15) is 41.9 Å². The highest BCUT2D eigenvalue weighted by molar-refractivity contribution is 5.64. The summed E-state index contributed by atoms with van der Waals surface area (Å²) in [4.78, 5) is 8.18. The van der Waals surface area contributed by atoms with Crippen LogP contribution in [-0.4, -0.2) is 9.97 Å². The van der Waals surface area contributed by atoms with E-state index in [4.69, 9.17) is 10.5 Å². The number of hydrogen-bond acceptors (Lipinski definition) is 5. The zero-order valence-electron chi connectivity index (χ0n) is 15.2. The molecule has 0 spiro atoms. The number of nitriles is 1. The Bertz CT molecular complexity index is 1040. The molecule has 0 aliphatic heterocycles. The monoisotopic (exact) mass is 374 g/mol. The summed E-state index contributed by atoms with van der Waals surface area (Å²) in [6, 6.07) is 12.9. The molecule has 0 atom stereocenters. The molecule has 4 rings (SSSR count). The number of benzene rings is 2. The van der Waals surface area contributed by atoms with Crippen molar-refractivity contribution in [1.29, 1.82) is 5.26 Å². The van der Waals surface area contributed by atoms with Crippen LogP contribution >= 0.6 is 0 Å². The van der Waals surface area contributed by atoms with Gasteiger partial charge in [0.25, 0.3) is 0 Å². The van der Waals surface area contributed by atoms with Gasteiger partial charge in [-0.05, 0) is 30.9 Å². The zero-order chi connectivity index (χ0) is 19.5. The van der Waals surface area contributed by atoms with Gasteiger partial charge >= 0.3 is 0 Å². The Hall–Kier alpha value is -3.46. The lowest BCUT2D eigenvalue weighted by molar-refractivity contribution is 0.278. The molecule has 6 heteroatoms. The first-order chi connectivity index (χ1) is 13.7. The second-order valence-electron chi connectivity index (χ2n) is 6.86. The van der Waals surface area contributed by atoms with Crippen molar-refractivity contribution in [3.63, 3.8) is 0 Å². The van der Waals surface area contributed by atoms with Gasteiger partial charge in [0, 0.05) is 16.7 Å². The molecule has 1 fully saturated rings. The number of nitrogens with zero attached hydrogens (tertiary/aromatic N) is 3. The number of aromatic nitrogens is 2. The smallest absolute Gasteiger partial charge is 0.174 e. The van der Waals surface area contributed by atoms with E-state index < -0.39 is 5.82 Å². The third kappa shape index (κ3) is 3.39. The van der Waals surface area contributed by atoms with Crippen molar-refractivity contribution in [2.45, 2.75) is 31.8 Å². The second kappa shape index (κ2) is 7.65. The van der Waals surface area contributed by atoms with E-state index in [0.29, 0.717) is 22.7 Å². The lowest BCUT2D eigenvalue weighted by atomic mass is 9.79. The van der Waals surface area contributed by atoms with Gasteiger partial charge in [-0.2, -0.15) is 5.26 Å². The molecular weight excluding hydrogens is 355 g/mol. The van der Waals surface area contributed by atoms with Crippen molar-refractivity contribution in [2.24, 2.45) is 0 Å². The van der Waals surface area contributed by atoms with Gasteiger partial charge in [0.15, 0.2) is 11.6 Å². The van der Waals surface area contributed by atoms with E-state index in [-0.39, 0.29) is 18.2 Å². The van der Waals surface area contributed by atoms with E-state index >= 15 is 4.39 Å². The van der Waals surface area contributed by atoms with Crippen molar-refractivity contribution in [1.82, 2.24) is 9.97 Å². The quantitative estimate of drug-likeness (QED) is 0.706. The van der Waals surface area contributed by atoms with E-state index in [1.165, 1.54) is 12.4 Å². The number of hydrogen-bond donors (Lipinski definition) is 1. The number of rotatable bonds is 5. The molecule has 1 aliphatic carbocycles. The molecule has 0 unspecified atom stereocenters. The van der Waals surface area contributed by atoms with Gasteiger partial charge in [0.05, 0.1) is 29.7 Å². The van der Waals surface area contributed by atoms with Crippen LogP contribution < -0.4 is 10.5 Å². The lowest BCUT2D eigenvalue weighted by Crippen LogP contribution is -2.12. The third-order valence-electron chi connectivity index (χ3n) is 5.13. The van der Waals surface area contributed by atoms with E-state index in [9.17, 15) is 5.26 Å². The standard InChI is InChI=1S/C22H19FN4O/c23-21-18(19-11-27-20(25)12-26-19)9-8-17(14-6-3-7-14)22(21)28-13-16-5-2-1-4-15(16)10-24/h1-2,4-5,8-9,11-12,14H,3,6-7,13H2,(H2,25,27). The highest BCUT2D eigenvalue weighted by Gasteiger charge is 2.27. The fourth-order valence-electron chi connectivity index (χ4n) is 3.34. The summed E-state index contributed by atoms with van der Waals surface area (Å²) in [5.41, 5.74) is 8.41. The number of nitrogen functional groups attached to an aromatic ring is 1. The van der Waals surface area contributed by atoms with Crippen LogP contribution in [0.5, 0.6) is 5.75 Å². The van der Waals surface area contributed by atoms with Gasteiger partial charge in [-0.3, -0.25) is 4.98 Å². The Labute approximate surface area is 162 Å². The maximum atomic E-state index is 15.4. The van der Waals surface area contributed by atoms with Gasteiger partial charge in [0.1, 0.15) is 12.4 Å². The van der Waals surface area contributed by atoms with Crippen LogP contribution in [0.25, 0.3) is 11.3 Å². The van der Waals surface area contributed by atoms with Crippen LogP contribution in [-0.2, 0) is 6.61 Å². The molecule has 140 valence electrons. The maximum absolute atomic E-state index is 15.4. The molecule has 1 aliphatic rings. The molecule has 0 radical (unpaired) electrons. The molecule has 0 bridgehead atoms. The maximum Gasteiger partial charge on any atom is 0.174 e. The van der Waals surface area contributed by atoms with Gasteiger partial charge in [0.2, 0.25) is 0 Å². The first-order valence-corrected chi connectivity index (χ1v) is 9.18. The summed E-state index contributed by atoms with van der Waals surface area (Å²) in [6.07, 6.45) is 6.02. The van der Waals surface area contributed by atoms with Gasteiger partial charge in [-0.25, -0.2) is 9.37 Å². The first-order valence-electron chi connectivity index (χ1n) is 9.18. The van der Waals surface area contributed by atoms with Crippen molar-refractivity contribution in [3.8, 4) is 23.1 Å². The Morgan fingerprint density at radius 3 is 2.64 bits per heavy atom. The predicted molar refractivity (Wildman–Crippen MR) is 104 cm³/mol. The van der Waals surface area contributed by atoms with Gasteiger partial charge in [-0.15, -0.1) is 0 Å². The largest absolute Gasteiger partial charge is 0.485 e. The fourth-order valence-corrected chi connectivity index (χ4v) is 3.34. The van der Waals surface area contributed by atoms with Crippen molar-refractivity contribution < 1.29 is 9.13 Å². The molecule has 1 aromatic heterocycles. The number of nitrogens with two attached hydrogens (primary N) is 1. The van der Waals surface area contributed by atoms with Crippen LogP contribution in [0.15, 0.2) is 48.8 Å². The highest BCUT2D eigenvalue weighted by Crippen LogP contribution is 2.44. The van der Waals surface area contributed by atoms with E-state index in [1.54, 1.807) is 18.2 Å². The number of ether oxygens (including phenoxy) is 1. The Kier molecular flexibility index (Phi) is 4.90. The van der Waals surface area contributed by atoms with Crippen molar-refractivity contribution >= 4 is 5.82 Å². The summed E-state index contributed by atoms with van der Waals surface area (Å²) < 4.78 is 21.4.